The van der Waals surface area contributed by atoms with Crippen LogP contribution in [0.25, 0.3) is 0 Å². The van der Waals surface area contributed by atoms with Crippen molar-refractivity contribution in [3.63, 3.8) is 0 Å². The molecule has 0 aromatic heterocycles. The Hall–Kier alpha value is -0.520. The highest BCUT2D eigenvalue weighted by molar-refractivity contribution is 6.34. The Morgan fingerprint density at radius 1 is 1.38 bits per heavy atom. The van der Waals surface area contributed by atoms with E-state index in [1.807, 2.05) is 6.92 Å². The van der Waals surface area contributed by atoms with Crippen LogP contribution in [0.2, 0.25) is 10.0 Å². The minimum Gasteiger partial charge on any atom is -0.489 e. The van der Waals surface area contributed by atoms with E-state index in [4.69, 9.17) is 27.9 Å². The molecule has 0 saturated carbocycles. The van der Waals surface area contributed by atoms with Crippen LogP contribution in [0.3, 0.4) is 0 Å². The zero-order chi connectivity index (χ0) is 15.9. The summed E-state index contributed by atoms with van der Waals surface area (Å²) < 4.78 is 5.44. The zero-order valence-corrected chi connectivity index (χ0v) is 13.9. The van der Waals surface area contributed by atoms with E-state index >= 15 is 0 Å². The standard InChI is InChI=1S/C15H23Cl2NO3/c1-3-6-15(2,20)10-18-8-12(19)9-21-14-7-11(16)4-5-13(14)17/h4-5,7,12,18-20H,3,6,8-10H2,1-2H3. The summed E-state index contributed by atoms with van der Waals surface area (Å²) in [6.07, 6.45) is 0.927. The topological polar surface area (TPSA) is 61.7 Å². The van der Waals surface area contributed by atoms with Crippen molar-refractivity contribution < 1.29 is 14.9 Å². The fourth-order valence-electron chi connectivity index (χ4n) is 1.97. The number of aliphatic hydroxyl groups is 2. The predicted octanol–water partition coefficient (Wildman–Crippen LogP) is 2.87. The van der Waals surface area contributed by atoms with Crippen LogP contribution in [-0.4, -0.2) is 41.6 Å². The minimum atomic E-state index is -0.758. The summed E-state index contributed by atoms with van der Waals surface area (Å²) in [5.41, 5.74) is -0.758. The van der Waals surface area contributed by atoms with E-state index in [0.717, 1.165) is 6.42 Å². The van der Waals surface area contributed by atoms with Gasteiger partial charge in [0.05, 0.1) is 10.6 Å². The van der Waals surface area contributed by atoms with E-state index in [9.17, 15) is 10.2 Å². The molecular weight excluding hydrogens is 313 g/mol. The van der Waals surface area contributed by atoms with Gasteiger partial charge in [-0.15, -0.1) is 0 Å². The molecule has 1 aromatic rings. The Kier molecular flexibility index (Phi) is 7.77. The molecule has 0 radical (unpaired) electrons. The van der Waals surface area contributed by atoms with Gasteiger partial charge in [-0.2, -0.15) is 0 Å². The summed E-state index contributed by atoms with van der Waals surface area (Å²) in [5, 5.41) is 23.9. The second-order valence-electron chi connectivity index (χ2n) is 5.42. The number of halogens is 2. The van der Waals surface area contributed by atoms with Crippen molar-refractivity contribution in [1.29, 1.82) is 0 Å². The van der Waals surface area contributed by atoms with Crippen molar-refractivity contribution in [3.8, 4) is 5.75 Å². The van der Waals surface area contributed by atoms with E-state index in [-0.39, 0.29) is 6.61 Å². The zero-order valence-electron chi connectivity index (χ0n) is 12.4. The molecule has 0 aliphatic carbocycles. The minimum absolute atomic E-state index is 0.100. The van der Waals surface area contributed by atoms with Crippen molar-refractivity contribution in [3.05, 3.63) is 28.2 Å². The molecule has 0 heterocycles. The third kappa shape index (κ3) is 7.34. The van der Waals surface area contributed by atoms with Gasteiger partial charge in [0.15, 0.2) is 0 Å². The molecule has 0 fully saturated rings. The van der Waals surface area contributed by atoms with Gasteiger partial charge in [-0.05, 0) is 25.5 Å². The first-order valence-electron chi connectivity index (χ1n) is 7.03. The van der Waals surface area contributed by atoms with Crippen molar-refractivity contribution in [2.24, 2.45) is 0 Å². The number of rotatable bonds is 9. The van der Waals surface area contributed by atoms with E-state index in [0.29, 0.717) is 35.3 Å². The molecule has 0 amide bonds. The van der Waals surface area contributed by atoms with Crippen LogP contribution in [0.15, 0.2) is 18.2 Å². The number of nitrogens with one attached hydrogen (secondary N) is 1. The molecule has 0 spiro atoms. The Morgan fingerprint density at radius 3 is 2.76 bits per heavy atom. The summed E-state index contributed by atoms with van der Waals surface area (Å²) in [6.45, 7) is 4.65. The van der Waals surface area contributed by atoms with E-state index in [1.165, 1.54) is 0 Å². The molecule has 4 nitrogen and oxygen atoms in total. The second-order valence-corrected chi connectivity index (χ2v) is 6.26. The molecule has 21 heavy (non-hydrogen) atoms. The Bertz CT molecular complexity index is 441. The van der Waals surface area contributed by atoms with Crippen LogP contribution < -0.4 is 10.1 Å². The van der Waals surface area contributed by atoms with Crippen molar-refractivity contribution in [2.75, 3.05) is 19.7 Å². The normalized spacial score (nSPS) is 15.5. The summed E-state index contributed by atoms with van der Waals surface area (Å²) >= 11 is 11.8. The van der Waals surface area contributed by atoms with Crippen molar-refractivity contribution in [1.82, 2.24) is 5.32 Å². The molecular formula is C15H23Cl2NO3. The molecule has 0 saturated heterocycles. The lowest BCUT2D eigenvalue weighted by molar-refractivity contribution is 0.0427. The Balaban J connectivity index is 2.31. The van der Waals surface area contributed by atoms with Gasteiger partial charge >= 0.3 is 0 Å². The van der Waals surface area contributed by atoms with Crippen LogP contribution >= 0.6 is 23.2 Å². The van der Waals surface area contributed by atoms with Crippen LogP contribution in [0, 0.1) is 0 Å². The fourth-order valence-corrected chi connectivity index (χ4v) is 2.30. The van der Waals surface area contributed by atoms with Gasteiger partial charge in [0.2, 0.25) is 0 Å². The van der Waals surface area contributed by atoms with Crippen LogP contribution in [0.4, 0.5) is 0 Å². The maximum Gasteiger partial charge on any atom is 0.139 e. The summed E-state index contributed by atoms with van der Waals surface area (Å²) in [6, 6.07) is 4.92. The molecule has 0 aliphatic rings. The lowest BCUT2D eigenvalue weighted by atomic mass is 10.0. The summed E-state index contributed by atoms with van der Waals surface area (Å²) in [4.78, 5) is 0. The largest absolute Gasteiger partial charge is 0.489 e. The average molecular weight is 336 g/mol. The van der Waals surface area contributed by atoms with Crippen LogP contribution in [-0.2, 0) is 0 Å². The van der Waals surface area contributed by atoms with Crippen LogP contribution in [0.1, 0.15) is 26.7 Å². The molecule has 0 bridgehead atoms. The summed E-state index contributed by atoms with van der Waals surface area (Å²) in [5.74, 6) is 0.446. The lowest BCUT2D eigenvalue weighted by Gasteiger charge is -2.24. The molecule has 2 atom stereocenters. The molecule has 120 valence electrons. The van der Waals surface area contributed by atoms with Gasteiger partial charge in [-0.1, -0.05) is 36.5 Å². The maximum absolute atomic E-state index is 9.99. The number of ether oxygens (including phenoxy) is 1. The average Bonchev–Trinajstić information content (AvgIpc) is 2.39. The molecule has 6 heteroatoms. The first-order valence-corrected chi connectivity index (χ1v) is 7.78. The van der Waals surface area contributed by atoms with Gasteiger partial charge in [0, 0.05) is 24.2 Å². The highest BCUT2D eigenvalue weighted by Gasteiger charge is 2.19. The fraction of sp³-hybridized carbons (Fsp3) is 0.600. The molecule has 0 aliphatic heterocycles. The predicted molar refractivity (Wildman–Crippen MR) is 86.4 cm³/mol. The second kappa shape index (κ2) is 8.81. The smallest absolute Gasteiger partial charge is 0.139 e. The molecule has 2 unspecified atom stereocenters. The third-order valence-corrected chi connectivity index (χ3v) is 3.55. The van der Waals surface area contributed by atoms with Gasteiger partial charge in [-0.25, -0.2) is 0 Å². The molecule has 1 aromatic carbocycles. The number of hydrogen-bond donors (Lipinski definition) is 3. The van der Waals surface area contributed by atoms with E-state index < -0.39 is 11.7 Å². The summed E-state index contributed by atoms with van der Waals surface area (Å²) in [7, 11) is 0. The number of benzene rings is 1. The highest BCUT2D eigenvalue weighted by atomic mass is 35.5. The van der Waals surface area contributed by atoms with Crippen molar-refractivity contribution in [2.45, 2.75) is 38.4 Å². The van der Waals surface area contributed by atoms with Gasteiger partial charge < -0.3 is 20.3 Å². The first kappa shape index (κ1) is 18.5. The van der Waals surface area contributed by atoms with Gasteiger partial charge in [0.25, 0.3) is 0 Å². The van der Waals surface area contributed by atoms with Gasteiger partial charge in [-0.3, -0.25) is 0 Å². The quantitative estimate of drug-likeness (QED) is 0.649. The van der Waals surface area contributed by atoms with Crippen LogP contribution in [0.5, 0.6) is 5.75 Å². The number of aliphatic hydroxyl groups excluding tert-OH is 1. The SMILES string of the molecule is CCCC(C)(O)CNCC(O)COc1cc(Cl)ccc1Cl. The van der Waals surface area contributed by atoms with Gasteiger partial charge in [0.1, 0.15) is 18.5 Å². The third-order valence-electron chi connectivity index (χ3n) is 3.00. The first-order chi connectivity index (χ1) is 9.84. The highest BCUT2D eigenvalue weighted by Crippen LogP contribution is 2.27. The van der Waals surface area contributed by atoms with E-state index in [1.54, 1.807) is 25.1 Å². The molecule has 1 rings (SSSR count). The Morgan fingerprint density at radius 2 is 2.10 bits per heavy atom. The maximum atomic E-state index is 9.99. The lowest BCUT2D eigenvalue weighted by Crippen LogP contribution is -2.41. The monoisotopic (exact) mass is 335 g/mol. The molecule has 3 N–H and O–H groups in total. The number of hydrogen-bond acceptors (Lipinski definition) is 4. The Labute approximate surface area is 136 Å². The van der Waals surface area contributed by atoms with Crippen molar-refractivity contribution >= 4 is 23.2 Å². The van der Waals surface area contributed by atoms with E-state index in [2.05, 4.69) is 5.32 Å².